The molecule has 1 heterocycles. The first kappa shape index (κ1) is 10.4. The number of carbonyl (C=O) groups excluding carboxylic acids is 1. The lowest BCUT2D eigenvalue weighted by molar-refractivity contribution is -0.148. The highest BCUT2D eigenvalue weighted by atomic mass is 16.6. The molecule has 0 spiro atoms. The second-order valence-electron chi connectivity index (χ2n) is 3.08. The second kappa shape index (κ2) is 5.16. The molecule has 0 saturated carbocycles. The molecule has 0 aromatic rings. The van der Waals surface area contributed by atoms with E-state index in [1.165, 1.54) is 0 Å². The highest BCUT2D eigenvalue weighted by Gasteiger charge is 2.23. The van der Waals surface area contributed by atoms with Crippen molar-refractivity contribution in [3.63, 3.8) is 0 Å². The zero-order valence-corrected chi connectivity index (χ0v) is 7.79. The van der Waals surface area contributed by atoms with E-state index >= 15 is 0 Å². The van der Waals surface area contributed by atoms with Crippen molar-refractivity contribution >= 4 is 5.91 Å². The van der Waals surface area contributed by atoms with Crippen LogP contribution in [0.25, 0.3) is 0 Å². The zero-order chi connectivity index (χ0) is 9.68. The molecular formula is C8H16N2O3. The number of hydrogen-bond acceptors (Lipinski definition) is 4. The summed E-state index contributed by atoms with van der Waals surface area (Å²) >= 11 is 0. The van der Waals surface area contributed by atoms with Crippen LogP contribution in [0.1, 0.15) is 6.92 Å². The van der Waals surface area contributed by atoms with Gasteiger partial charge in [0.05, 0.1) is 19.8 Å². The van der Waals surface area contributed by atoms with Crippen LogP contribution >= 0.6 is 0 Å². The van der Waals surface area contributed by atoms with Crippen molar-refractivity contribution < 1.29 is 14.3 Å². The van der Waals surface area contributed by atoms with Gasteiger partial charge in [-0.25, -0.2) is 0 Å². The molecule has 1 aliphatic heterocycles. The summed E-state index contributed by atoms with van der Waals surface area (Å²) in [4.78, 5) is 11.4. The molecule has 5 heteroatoms. The summed E-state index contributed by atoms with van der Waals surface area (Å²) in [5, 5.41) is 2.73. The number of rotatable bonds is 3. The van der Waals surface area contributed by atoms with Crippen LogP contribution in [0.5, 0.6) is 0 Å². The highest BCUT2D eigenvalue weighted by molar-refractivity contribution is 5.81. The van der Waals surface area contributed by atoms with Crippen LogP contribution in [0, 0.1) is 0 Å². The molecule has 0 aromatic carbocycles. The molecule has 3 N–H and O–H groups in total. The summed E-state index contributed by atoms with van der Waals surface area (Å²) in [6.07, 6.45) is -0.470. The third-order valence-corrected chi connectivity index (χ3v) is 1.85. The van der Waals surface area contributed by atoms with Crippen LogP contribution in [-0.4, -0.2) is 44.4 Å². The maximum atomic E-state index is 11.4. The third kappa shape index (κ3) is 3.30. The first-order chi connectivity index (χ1) is 6.24. The number of nitrogens with one attached hydrogen (secondary N) is 1. The molecule has 1 fully saturated rings. The average molecular weight is 188 g/mol. The van der Waals surface area contributed by atoms with Gasteiger partial charge in [-0.15, -0.1) is 0 Å². The molecule has 2 atom stereocenters. The van der Waals surface area contributed by atoms with Crippen LogP contribution in [-0.2, 0) is 14.3 Å². The van der Waals surface area contributed by atoms with Crippen LogP contribution in [0.15, 0.2) is 0 Å². The molecule has 1 aliphatic rings. The van der Waals surface area contributed by atoms with Crippen molar-refractivity contribution in [1.82, 2.24) is 5.32 Å². The normalized spacial score (nSPS) is 25.2. The van der Waals surface area contributed by atoms with Gasteiger partial charge in [0.15, 0.2) is 6.10 Å². The van der Waals surface area contributed by atoms with Gasteiger partial charge in [0.25, 0.3) is 5.91 Å². The Labute approximate surface area is 77.6 Å². The van der Waals surface area contributed by atoms with Crippen molar-refractivity contribution in [3.05, 3.63) is 0 Å². The van der Waals surface area contributed by atoms with E-state index in [9.17, 15) is 4.79 Å². The van der Waals surface area contributed by atoms with E-state index in [1.807, 2.05) is 6.92 Å². The molecular weight excluding hydrogens is 172 g/mol. The maximum Gasteiger partial charge on any atom is 0.251 e. The summed E-state index contributed by atoms with van der Waals surface area (Å²) in [6.45, 7) is 3.66. The summed E-state index contributed by atoms with van der Waals surface area (Å²) in [7, 11) is 0. The van der Waals surface area contributed by atoms with Crippen molar-refractivity contribution in [3.8, 4) is 0 Å². The molecule has 0 bridgehead atoms. The van der Waals surface area contributed by atoms with Crippen LogP contribution in [0.3, 0.4) is 0 Å². The predicted molar refractivity (Wildman–Crippen MR) is 47.2 cm³/mol. The fourth-order valence-corrected chi connectivity index (χ4v) is 1.03. The Balaban J connectivity index is 2.29. The van der Waals surface area contributed by atoms with Crippen LogP contribution in [0.2, 0.25) is 0 Å². The zero-order valence-electron chi connectivity index (χ0n) is 7.79. The molecule has 5 nitrogen and oxygen atoms in total. The summed E-state index contributed by atoms with van der Waals surface area (Å²) < 4.78 is 10.3. The van der Waals surface area contributed by atoms with E-state index in [-0.39, 0.29) is 11.9 Å². The van der Waals surface area contributed by atoms with E-state index in [0.717, 1.165) is 0 Å². The van der Waals surface area contributed by atoms with E-state index in [4.69, 9.17) is 15.2 Å². The lowest BCUT2D eigenvalue weighted by Gasteiger charge is -2.23. The molecule has 1 rings (SSSR count). The van der Waals surface area contributed by atoms with E-state index in [2.05, 4.69) is 5.32 Å². The molecule has 0 aliphatic carbocycles. The average Bonchev–Trinajstić information content (AvgIpc) is 2.19. The standard InChI is InChI=1S/C8H16N2O3/c1-6(4-9)10-8(11)7-5-12-2-3-13-7/h6-7H,2-5,9H2,1H3,(H,10,11)/t6-,7?/m1/s1. The molecule has 1 saturated heterocycles. The third-order valence-electron chi connectivity index (χ3n) is 1.85. The first-order valence-corrected chi connectivity index (χ1v) is 4.44. The minimum absolute atomic E-state index is 0.0157. The second-order valence-corrected chi connectivity index (χ2v) is 3.08. The smallest absolute Gasteiger partial charge is 0.251 e. The Hall–Kier alpha value is -0.650. The van der Waals surface area contributed by atoms with Gasteiger partial charge < -0.3 is 20.5 Å². The van der Waals surface area contributed by atoms with Crippen LogP contribution < -0.4 is 11.1 Å². The van der Waals surface area contributed by atoms with Gasteiger partial charge in [0.2, 0.25) is 0 Å². The van der Waals surface area contributed by atoms with Gasteiger partial charge in [0, 0.05) is 12.6 Å². The van der Waals surface area contributed by atoms with Crippen molar-refractivity contribution in [2.24, 2.45) is 5.73 Å². The van der Waals surface area contributed by atoms with Gasteiger partial charge >= 0.3 is 0 Å². The fourth-order valence-electron chi connectivity index (χ4n) is 1.03. The SMILES string of the molecule is C[C@H](CN)NC(=O)C1COCCO1. The first-order valence-electron chi connectivity index (χ1n) is 4.44. The topological polar surface area (TPSA) is 73.6 Å². The van der Waals surface area contributed by atoms with Gasteiger partial charge in [-0.05, 0) is 6.92 Å². The van der Waals surface area contributed by atoms with Gasteiger partial charge in [0.1, 0.15) is 0 Å². The number of amides is 1. The Morgan fingerprint density at radius 1 is 1.69 bits per heavy atom. The number of hydrogen-bond donors (Lipinski definition) is 2. The number of nitrogens with two attached hydrogens (primary N) is 1. The maximum absolute atomic E-state index is 11.4. The molecule has 76 valence electrons. The quantitative estimate of drug-likeness (QED) is 0.587. The number of carbonyl (C=O) groups is 1. The van der Waals surface area contributed by atoms with Crippen LogP contribution in [0.4, 0.5) is 0 Å². The van der Waals surface area contributed by atoms with E-state index < -0.39 is 6.10 Å². The minimum Gasteiger partial charge on any atom is -0.376 e. The summed E-state index contributed by atoms with van der Waals surface area (Å²) in [6, 6.07) is -0.0157. The molecule has 13 heavy (non-hydrogen) atoms. The lowest BCUT2D eigenvalue weighted by Crippen LogP contribution is -2.47. The molecule has 0 radical (unpaired) electrons. The summed E-state index contributed by atoms with van der Waals surface area (Å²) in [5.41, 5.74) is 5.36. The van der Waals surface area contributed by atoms with Crippen molar-refractivity contribution in [2.75, 3.05) is 26.4 Å². The Morgan fingerprint density at radius 3 is 3.00 bits per heavy atom. The Bertz CT molecular complexity index is 169. The lowest BCUT2D eigenvalue weighted by atomic mass is 10.3. The fraction of sp³-hybridized carbons (Fsp3) is 0.875. The van der Waals surface area contributed by atoms with Gasteiger partial charge in [-0.2, -0.15) is 0 Å². The molecule has 1 amide bonds. The Kier molecular flexibility index (Phi) is 4.14. The number of ether oxygens (including phenoxy) is 2. The monoisotopic (exact) mass is 188 g/mol. The van der Waals surface area contributed by atoms with Crippen molar-refractivity contribution in [1.29, 1.82) is 0 Å². The minimum atomic E-state index is -0.470. The van der Waals surface area contributed by atoms with E-state index in [0.29, 0.717) is 26.4 Å². The molecule has 1 unspecified atom stereocenters. The van der Waals surface area contributed by atoms with E-state index in [1.54, 1.807) is 0 Å². The largest absolute Gasteiger partial charge is 0.376 e. The summed E-state index contributed by atoms with van der Waals surface area (Å²) in [5.74, 6) is -0.141. The highest BCUT2D eigenvalue weighted by Crippen LogP contribution is 2.00. The van der Waals surface area contributed by atoms with Gasteiger partial charge in [-0.3, -0.25) is 4.79 Å². The van der Waals surface area contributed by atoms with Crippen molar-refractivity contribution in [2.45, 2.75) is 19.1 Å². The Morgan fingerprint density at radius 2 is 2.46 bits per heavy atom. The predicted octanol–water partition coefficient (Wildman–Crippen LogP) is -1.13. The van der Waals surface area contributed by atoms with Gasteiger partial charge in [-0.1, -0.05) is 0 Å². The molecule has 0 aromatic heterocycles.